The van der Waals surface area contributed by atoms with Gasteiger partial charge in [0, 0.05) is 23.6 Å². The van der Waals surface area contributed by atoms with Crippen molar-refractivity contribution in [1.82, 2.24) is 9.88 Å². The summed E-state index contributed by atoms with van der Waals surface area (Å²) >= 11 is 0. The maximum absolute atomic E-state index is 13.9. The van der Waals surface area contributed by atoms with Gasteiger partial charge < -0.3 is 14.5 Å². The molecule has 0 atom stereocenters. The maximum atomic E-state index is 13.9. The molecule has 0 bridgehead atoms. The minimum absolute atomic E-state index is 0.294. The third-order valence-electron chi connectivity index (χ3n) is 5.57. The first-order valence-corrected chi connectivity index (χ1v) is 9.37. The SMILES string of the molecule is COc1ccc2[nH]cc(C3CCN(Cc4ccc(OC)c(F)c4)CC3)c2c1. The number of nitrogens with one attached hydrogen (secondary N) is 1. The van der Waals surface area contributed by atoms with Gasteiger partial charge >= 0.3 is 0 Å². The Hall–Kier alpha value is -2.53. The van der Waals surface area contributed by atoms with Gasteiger partial charge in [-0.3, -0.25) is 4.90 Å². The lowest BCUT2D eigenvalue weighted by Gasteiger charge is -2.32. The number of rotatable bonds is 5. The molecule has 1 fully saturated rings. The molecule has 4 nitrogen and oxygen atoms in total. The molecule has 1 saturated heterocycles. The van der Waals surface area contributed by atoms with E-state index >= 15 is 0 Å². The zero-order chi connectivity index (χ0) is 18.8. The van der Waals surface area contributed by atoms with Gasteiger partial charge in [-0.15, -0.1) is 0 Å². The van der Waals surface area contributed by atoms with Crippen LogP contribution >= 0.6 is 0 Å². The van der Waals surface area contributed by atoms with E-state index in [1.54, 1.807) is 19.2 Å². The van der Waals surface area contributed by atoms with E-state index in [-0.39, 0.29) is 5.82 Å². The summed E-state index contributed by atoms with van der Waals surface area (Å²) in [5, 5.41) is 1.25. The van der Waals surface area contributed by atoms with Crippen LogP contribution in [-0.4, -0.2) is 37.2 Å². The highest BCUT2D eigenvalue weighted by Gasteiger charge is 2.23. The Morgan fingerprint density at radius 1 is 1.07 bits per heavy atom. The molecule has 1 aromatic heterocycles. The van der Waals surface area contributed by atoms with E-state index in [0.717, 1.165) is 49.3 Å². The van der Waals surface area contributed by atoms with Crippen molar-refractivity contribution in [1.29, 1.82) is 0 Å². The monoisotopic (exact) mass is 368 g/mol. The van der Waals surface area contributed by atoms with Crippen molar-refractivity contribution in [2.24, 2.45) is 0 Å². The minimum atomic E-state index is -0.294. The first kappa shape index (κ1) is 17.9. The number of aromatic amines is 1. The highest BCUT2D eigenvalue weighted by Crippen LogP contribution is 2.35. The lowest BCUT2D eigenvalue weighted by molar-refractivity contribution is 0.205. The molecule has 1 N–H and O–H groups in total. The molecule has 0 saturated carbocycles. The van der Waals surface area contributed by atoms with Gasteiger partial charge in [0.2, 0.25) is 0 Å². The molecule has 27 heavy (non-hydrogen) atoms. The third-order valence-corrected chi connectivity index (χ3v) is 5.57. The Morgan fingerprint density at radius 3 is 2.59 bits per heavy atom. The van der Waals surface area contributed by atoms with Crippen LogP contribution in [0.15, 0.2) is 42.6 Å². The van der Waals surface area contributed by atoms with Gasteiger partial charge in [0.25, 0.3) is 0 Å². The number of aromatic nitrogens is 1. The number of fused-ring (bicyclic) bond motifs is 1. The number of halogens is 1. The number of piperidine rings is 1. The molecule has 5 heteroatoms. The Balaban J connectivity index is 1.42. The molecule has 0 aliphatic carbocycles. The van der Waals surface area contributed by atoms with Crippen molar-refractivity contribution in [3.8, 4) is 11.5 Å². The number of likely N-dealkylation sites (tertiary alicyclic amines) is 1. The molecule has 0 unspecified atom stereocenters. The molecule has 3 aromatic rings. The summed E-state index contributed by atoms with van der Waals surface area (Å²) in [7, 11) is 3.19. The van der Waals surface area contributed by atoms with Gasteiger partial charge in [-0.1, -0.05) is 6.07 Å². The maximum Gasteiger partial charge on any atom is 0.165 e. The number of hydrogen-bond donors (Lipinski definition) is 1. The van der Waals surface area contributed by atoms with Crippen LogP contribution < -0.4 is 9.47 Å². The predicted octanol–water partition coefficient (Wildman–Crippen LogP) is 4.70. The van der Waals surface area contributed by atoms with Crippen molar-refractivity contribution in [3.05, 3.63) is 59.5 Å². The Morgan fingerprint density at radius 2 is 1.89 bits per heavy atom. The molecule has 142 valence electrons. The van der Waals surface area contributed by atoms with Gasteiger partial charge in [0.05, 0.1) is 14.2 Å². The normalized spacial score (nSPS) is 16.0. The summed E-state index contributed by atoms with van der Waals surface area (Å²) < 4.78 is 24.3. The van der Waals surface area contributed by atoms with Crippen LogP contribution in [0.2, 0.25) is 0 Å². The van der Waals surface area contributed by atoms with Crippen LogP contribution in [0.5, 0.6) is 11.5 Å². The highest BCUT2D eigenvalue weighted by atomic mass is 19.1. The van der Waals surface area contributed by atoms with Crippen molar-refractivity contribution < 1.29 is 13.9 Å². The summed E-state index contributed by atoms with van der Waals surface area (Å²) in [6.07, 6.45) is 4.34. The molecular weight excluding hydrogens is 343 g/mol. The van der Waals surface area contributed by atoms with Crippen LogP contribution in [0.1, 0.15) is 29.9 Å². The molecule has 2 aromatic carbocycles. The second-order valence-corrected chi connectivity index (χ2v) is 7.17. The fraction of sp³-hybridized carbons (Fsp3) is 0.364. The summed E-state index contributed by atoms with van der Waals surface area (Å²) in [6.45, 7) is 2.79. The zero-order valence-corrected chi connectivity index (χ0v) is 15.8. The Labute approximate surface area is 158 Å². The Kier molecular flexibility index (Phi) is 5.03. The number of ether oxygens (including phenoxy) is 2. The van der Waals surface area contributed by atoms with Crippen LogP contribution in [0.4, 0.5) is 4.39 Å². The molecule has 1 aliphatic rings. The first-order chi connectivity index (χ1) is 13.2. The summed E-state index contributed by atoms with van der Waals surface area (Å²) in [5.41, 5.74) is 3.52. The van der Waals surface area contributed by atoms with E-state index in [2.05, 4.69) is 28.2 Å². The molecular formula is C22H25FN2O2. The number of nitrogens with zero attached hydrogens (tertiary/aromatic N) is 1. The average Bonchev–Trinajstić information content (AvgIpc) is 3.12. The zero-order valence-electron chi connectivity index (χ0n) is 15.8. The molecule has 0 spiro atoms. The Bertz CT molecular complexity index is 929. The van der Waals surface area contributed by atoms with E-state index in [0.29, 0.717) is 11.7 Å². The van der Waals surface area contributed by atoms with Gasteiger partial charge in [0.15, 0.2) is 11.6 Å². The second-order valence-electron chi connectivity index (χ2n) is 7.17. The van der Waals surface area contributed by atoms with Gasteiger partial charge in [-0.25, -0.2) is 4.39 Å². The van der Waals surface area contributed by atoms with Crippen LogP contribution in [0, 0.1) is 5.82 Å². The smallest absolute Gasteiger partial charge is 0.165 e. The van der Waals surface area contributed by atoms with Crippen molar-refractivity contribution in [3.63, 3.8) is 0 Å². The third kappa shape index (κ3) is 3.65. The van der Waals surface area contributed by atoms with E-state index < -0.39 is 0 Å². The van der Waals surface area contributed by atoms with Crippen LogP contribution in [-0.2, 0) is 6.54 Å². The standard InChI is InChI=1S/C22H25FN2O2/c1-26-17-4-5-21-18(12-17)19(13-24-21)16-7-9-25(10-8-16)14-15-3-6-22(27-2)20(23)11-15/h3-6,11-13,16,24H,7-10,14H2,1-2H3. The van der Waals surface area contributed by atoms with Crippen LogP contribution in [0.3, 0.4) is 0 Å². The van der Waals surface area contributed by atoms with Crippen molar-refractivity contribution in [2.45, 2.75) is 25.3 Å². The summed E-state index contributed by atoms with van der Waals surface area (Å²) in [6, 6.07) is 11.4. The molecule has 4 rings (SSSR count). The lowest BCUT2D eigenvalue weighted by atomic mass is 9.89. The summed E-state index contributed by atoms with van der Waals surface area (Å²) in [4.78, 5) is 5.78. The van der Waals surface area contributed by atoms with E-state index in [4.69, 9.17) is 9.47 Å². The second kappa shape index (κ2) is 7.61. The van der Waals surface area contributed by atoms with Gasteiger partial charge in [-0.2, -0.15) is 0 Å². The predicted molar refractivity (Wildman–Crippen MR) is 105 cm³/mol. The topological polar surface area (TPSA) is 37.5 Å². The molecule has 1 aliphatic heterocycles. The average molecular weight is 368 g/mol. The molecule has 2 heterocycles. The van der Waals surface area contributed by atoms with E-state index in [1.807, 2.05) is 12.1 Å². The largest absolute Gasteiger partial charge is 0.497 e. The minimum Gasteiger partial charge on any atom is -0.497 e. The van der Waals surface area contributed by atoms with Crippen LogP contribution in [0.25, 0.3) is 10.9 Å². The fourth-order valence-electron chi connectivity index (χ4n) is 4.05. The quantitative estimate of drug-likeness (QED) is 0.709. The first-order valence-electron chi connectivity index (χ1n) is 9.37. The lowest BCUT2D eigenvalue weighted by Crippen LogP contribution is -2.32. The van der Waals surface area contributed by atoms with Gasteiger partial charge in [-0.05, 0) is 73.3 Å². The van der Waals surface area contributed by atoms with E-state index in [1.165, 1.54) is 18.1 Å². The van der Waals surface area contributed by atoms with E-state index in [9.17, 15) is 4.39 Å². The molecule has 0 amide bonds. The number of H-pyrrole nitrogens is 1. The van der Waals surface area contributed by atoms with Gasteiger partial charge in [0.1, 0.15) is 5.75 Å². The number of methoxy groups -OCH3 is 2. The molecule has 0 radical (unpaired) electrons. The highest BCUT2D eigenvalue weighted by molar-refractivity contribution is 5.85. The number of hydrogen-bond acceptors (Lipinski definition) is 3. The van der Waals surface area contributed by atoms with Crippen molar-refractivity contribution in [2.75, 3.05) is 27.3 Å². The fourth-order valence-corrected chi connectivity index (χ4v) is 4.05. The number of benzene rings is 2. The van der Waals surface area contributed by atoms with Crippen molar-refractivity contribution >= 4 is 10.9 Å². The summed E-state index contributed by atoms with van der Waals surface area (Å²) in [5.74, 6) is 1.43.